The number of benzene rings is 2. The molecule has 0 N–H and O–H groups in total. The Morgan fingerprint density at radius 3 is 2.33 bits per heavy atom. The summed E-state index contributed by atoms with van der Waals surface area (Å²) in [5.74, 6) is 2.65. The maximum Gasteiger partial charge on any atom is 0.264 e. The minimum absolute atomic E-state index is 0.0918. The number of nitriles is 1. The van der Waals surface area contributed by atoms with Crippen molar-refractivity contribution in [2.45, 2.75) is 6.61 Å². The summed E-state index contributed by atoms with van der Waals surface area (Å²) in [5, 5.41) is 12.8. The molecule has 138 valence electrons. The number of rotatable bonds is 7. The standard InChI is InChI=1S/C19H17N3O5/c1-23-15-9-8-14(17(24-2)18(15)25-3)19-21-16(27-22-19)11-26-13-6-4-12(10-20)5-7-13/h4-9H,11H2,1-3H3. The Bertz CT molecular complexity index is 960. The molecule has 0 radical (unpaired) electrons. The molecule has 3 rings (SSSR count). The van der Waals surface area contributed by atoms with E-state index in [4.69, 9.17) is 28.7 Å². The molecule has 1 heterocycles. The van der Waals surface area contributed by atoms with Gasteiger partial charge in [0.05, 0.1) is 38.5 Å². The molecule has 3 aromatic rings. The molecule has 0 spiro atoms. The summed E-state index contributed by atoms with van der Waals surface area (Å²) in [4.78, 5) is 4.34. The molecular formula is C19H17N3O5. The van der Waals surface area contributed by atoms with E-state index in [0.717, 1.165) is 0 Å². The average molecular weight is 367 g/mol. The second-order valence-electron chi connectivity index (χ2n) is 5.32. The smallest absolute Gasteiger partial charge is 0.264 e. The van der Waals surface area contributed by atoms with Crippen LogP contribution in [0.4, 0.5) is 0 Å². The van der Waals surface area contributed by atoms with Gasteiger partial charge in [-0.05, 0) is 36.4 Å². The van der Waals surface area contributed by atoms with Crippen LogP contribution in [-0.2, 0) is 6.61 Å². The summed E-state index contributed by atoms with van der Waals surface area (Å²) in [6.45, 7) is 0.0918. The summed E-state index contributed by atoms with van der Waals surface area (Å²) >= 11 is 0. The van der Waals surface area contributed by atoms with Crippen molar-refractivity contribution in [3.63, 3.8) is 0 Å². The number of aromatic nitrogens is 2. The molecule has 0 saturated heterocycles. The van der Waals surface area contributed by atoms with Gasteiger partial charge in [0.1, 0.15) is 5.75 Å². The Balaban J connectivity index is 1.80. The van der Waals surface area contributed by atoms with Gasteiger partial charge in [-0.3, -0.25) is 0 Å². The van der Waals surface area contributed by atoms with Crippen LogP contribution in [0.15, 0.2) is 40.9 Å². The van der Waals surface area contributed by atoms with E-state index >= 15 is 0 Å². The Morgan fingerprint density at radius 2 is 1.70 bits per heavy atom. The van der Waals surface area contributed by atoms with Crippen molar-refractivity contribution in [2.24, 2.45) is 0 Å². The Morgan fingerprint density at radius 1 is 0.963 bits per heavy atom. The fraction of sp³-hybridized carbons (Fsp3) is 0.211. The van der Waals surface area contributed by atoms with E-state index in [9.17, 15) is 0 Å². The summed E-state index contributed by atoms with van der Waals surface area (Å²) in [7, 11) is 4.59. The van der Waals surface area contributed by atoms with Crippen LogP contribution in [0.3, 0.4) is 0 Å². The topological polar surface area (TPSA) is 99.6 Å². The third kappa shape index (κ3) is 3.77. The van der Waals surface area contributed by atoms with Crippen LogP contribution >= 0.6 is 0 Å². The highest BCUT2D eigenvalue weighted by molar-refractivity contribution is 5.71. The monoisotopic (exact) mass is 367 g/mol. The van der Waals surface area contributed by atoms with Crippen molar-refractivity contribution in [2.75, 3.05) is 21.3 Å². The van der Waals surface area contributed by atoms with Crippen LogP contribution in [0.25, 0.3) is 11.4 Å². The van der Waals surface area contributed by atoms with Crippen molar-refractivity contribution in [1.82, 2.24) is 10.1 Å². The Kier molecular flexibility index (Phi) is 5.42. The minimum Gasteiger partial charge on any atom is -0.493 e. The minimum atomic E-state index is 0.0918. The first kappa shape index (κ1) is 18.1. The highest BCUT2D eigenvalue weighted by atomic mass is 16.5. The third-order valence-electron chi connectivity index (χ3n) is 3.76. The van der Waals surface area contributed by atoms with E-state index in [2.05, 4.69) is 16.2 Å². The van der Waals surface area contributed by atoms with Gasteiger partial charge in [0.15, 0.2) is 18.1 Å². The molecule has 0 atom stereocenters. The second kappa shape index (κ2) is 8.10. The van der Waals surface area contributed by atoms with E-state index in [-0.39, 0.29) is 6.61 Å². The van der Waals surface area contributed by atoms with Gasteiger partial charge in [0.2, 0.25) is 11.6 Å². The zero-order valence-electron chi connectivity index (χ0n) is 15.1. The van der Waals surface area contributed by atoms with Crippen molar-refractivity contribution in [3.05, 3.63) is 47.9 Å². The predicted octanol–water partition coefficient (Wildman–Crippen LogP) is 3.21. The fourth-order valence-corrected chi connectivity index (χ4v) is 2.47. The lowest BCUT2D eigenvalue weighted by Gasteiger charge is -2.13. The second-order valence-corrected chi connectivity index (χ2v) is 5.32. The molecule has 0 aliphatic rings. The third-order valence-corrected chi connectivity index (χ3v) is 3.76. The Hall–Kier alpha value is -3.73. The van der Waals surface area contributed by atoms with Gasteiger partial charge in [0, 0.05) is 0 Å². The number of hydrogen-bond acceptors (Lipinski definition) is 8. The molecule has 0 fully saturated rings. The first-order valence-corrected chi connectivity index (χ1v) is 7.95. The lowest BCUT2D eigenvalue weighted by atomic mass is 10.1. The van der Waals surface area contributed by atoms with E-state index in [1.54, 1.807) is 43.5 Å². The fourth-order valence-electron chi connectivity index (χ4n) is 2.47. The van der Waals surface area contributed by atoms with Gasteiger partial charge in [0.25, 0.3) is 5.89 Å². The van der Waals surface area contributed by atoms with Crippen molar-refractivity contribution in [1.29, 1.82) is 5.26 Å². The molecule has 8 heteroatoms. The molecular weight excluding hydrogens is 350 g/mol. The molecule has 0 unspecified atom stereocenters. The average Bonchev–Trinajstić information content (AvgIpc) is 3.20. The molecule has 27 heavy (non-hydrogen) atoms. The van der Waals surface area contributed by atoms with Crippen molar-refractivity contribution < 1.29 is 23.5 Å². The van der Waals surface area contributed by atoms with Gasteiger partial charge < -0.3 is 23.5 Å². The molecule has 0 amide bonds. The highest BCUT2D eigenvalue weighted by Crippen LogP contribution is 2.43. The predicted molar refractivity (Wildman–Crippen MR) is 94.9 cm³/mol. The number of hydrogen-bond donors (Lipinski definition) is 0. The summed E-state index contributed by atoms with van der Waals surface area (Å²) in [6, 6.07) is 12.3. The molecule has 8 nitrogen and oxygen atoms in total. The number of nitrogens with zero attached hydrogens (tertiary/aromatic N) is 3. The van der Waals surface area contributed by atoms with Crippen molar-refractivity contribution >= 4 is 0 Å². The van der Waals surface area contributed by atoms with Gasteiger partial charge >= 0.3 is 0 Å². The molecule has 0 aliphatic carbocycles. The number of ether oxygens (including phenoxy) is 4. The largest absolute Gasteiger partial charge is 0.493 e. The number of methoxy groups -OCH3 is 3. The normalized spacial score (nSPS) is 10.1. The summed E-state index contributed by atoms with van der Waals surface area (Å²) in [6.07, 6.45) is 0. The first-order valence-electron chi connectivity index (χ1n) is 7.95. The van der Waals surface area contributed by atoms with Gasteiger partial charge in [-0.25, -0.2) is 0 Å². The van der Waals surface area contributed by atoms with E-state index < -0.39 is 0 Å². The van der Waals surface area contributed by atoms with Crippen LogP contribution in [0.2, 0.25) is 0 Å². The molecule has 2 aromatic carbocycles. The summed E-state index contributed by atoms with van der Waals surface area (Å²) in [5.41, 5.74) is 1.16. The van der Waals surface area contributed by atoms with Crippen LogP contribution in [-0.4, -0.2) is 31.5 Å². The molecule has 0 saturated carbocycles. The first-order chi connectivity index (χ1) is 13.2. The van der Waals surface area contributed by atoms with Gasteiger partial charge in [-0.15, -0.1) is 0 Å². The lowest BCUT2D eigenvalue weighted by Crippen LogP contribution is -1.98. The van der Waals surface area contributed by atoms with Crippen LogP contribution in [0.1, 0.15) is 11.5 Å². The quantitative estimate of drug-likeness (QED) is 0.627. The lowest BCUT2D eigenvalue weighted by molar-refractivity contribution is 0.243. The molecule has 1 aromatic heterocycles. The highest BCUT2D eigenvalue weighted by Gasteiger charge is 2.20. The van der Waals surface area contributed by atoms with Gasteiger partial charge in [-0.2, -0.15) is 10.2 Å². The van der Waals surface area contributed by atoms with Crippen molar-refractivity contribution in [3.8, 4) is 40.5 Å². The SMILES string of the molecule is COc1ccc(-c2noc(COc3ccc(C#N)cc3)n2)c(OC)c1OC. The van der Waals surface area contributed by atoms with Crippen LogP contribution in [0.5, 0.6) is 23.0 Å². The van der Waals surface area contributed by atoms with Crippen LogP contribution in [0, 0.1) is 11.3 Å². The maximum atomic E-state index is 8.81. The molecule has 0 aliphatic heterocycles. The zero-order valence-corrected chi connectivity index (χ0v) is 15.1. The summed E-state index contributed by atoms with van der Waals surface area (Å²) < 4.78 is 26.9. The zero-order chi connectivity index (χ0) is 19.2. The van der Waals surface area contributed by atoms with Gasteiger partial charge in [-0.1, -0.05) is 5.16 Å². The van der Waals surface area contributed by atoms with E-state index in [1.807, 2.05) is 0 Å². The maximum absolute atomic E-state index is 8.81. The van der Waals surface area contributed by atoms with E-state index in [0.29, 0.717) is 45.8 Å². The Labute approximate surface area is 155 Å². The van der Waals surface area contributed by atoms with E-state index in [1.165, 1.54) is 14.2 Å². The van der Waals surface area contributed by atoms with Crippen LogP contribution < -0.4 is 18.9 Å². The molecule has 0 bridgehead atoms.